The summed E-state index contributed by atoms with van der Waals surface area (Å²) in [6, 6.07) is 14.8. The number of benzene rings is 2. The van der Waals surface area contributed by atoms with Crippen LogP contribution in [-0.4, -0.2) is 17.2 Å². The van der Waals surface area contributed by atoms with Crippen molar-refractivity contribution in [2.45, 2.75) is 38.5 Å². The van der Waals surface area contributed by atoms with Gasteiger partial charge >= 0.3 is 0 Å². The summed E-state index contributed by atoms with van der Waals surface area (Å²) < 4.78 is 0.618. The van der Waals surface area contributed by atoms with Crippen molar-refractivity contribution in [3.8, 4) is 5.75 Å². The molecule has 0 radical (unpaired) electrons. The number of fused-ring (bicyclic) bond motifs is 1. The normalized spacial score (nSPS) is 14.2. The van der Waals surface area contributed by atoms with Crippen LogP contribution in [0.1, 0.15) is 52.0 Å². The van der Waals surface area contributed by atoms with Gasteiger partial charge in [0.05, 0.1) is 10.0 Å². The van der Waals surface area contributed by atoms with E-state index in [1.165, 1.54) is 17.7 Å². The van der Waals surface area contributed by atoms with Gasteiger partial charge in [0.25, 0.3) is 5.91 Å². The Kier molecular flexibility index (Phi) is 6.65. The van der Waals surface area contributed by atoms with Gasteiger partial charge in [0.1, 0.15) is 10.8 Å². The summed E-state index contributed by atoms with van der Waals surface area (Å²) >= 11 is 4.97. The van der Waals surface area contributed by atoms with Crippen molar-refractivity contribution < 1.29 is 9.90 Å². The fourth-order valence-corrected chi connectivity index (χ4v) is 5.31. The first-order chi connectivity index (χ1) is 14.6. The number of hydrogen-bond donors (Lipinski definition) is 2. The second-order valence-corrected chi connectivity index (χ2v) is 9.33. The number of aliphatic imine (C=N–C) groups is 1. The van der Waals surface area contributed by atoms with Gasteiger partial charge in [-0.1, -0.05) is 31.0 Å². The maximum Gasteiger partial charge on any atom is 0.259 e. The van der Waals surface area contributed by atoms with Crippen LogP contribution in [0.4, 0.5) is 10.7 Å². The van der Waals surface area contributed by atoms with Crippen molar-refractivity contribution in [2.24, 2.45) is 4.99 Å². The molecule has 0 atom stereocenters. The number of carbonyl (C=O) groups excluding carboxylic acids is 1. The maximum atomic E-state index is 13.3. The number of nitrogens with zero attached hydrogens (tertiary/aromatic N) is 1. The van der Waals surface area contributed by atoms with Gasteiger partial charge in [0, 0.05) is 16.8 Å². The van der Waals surface area contributed by atoms with Crippen LogP contribution in [-0.2, 0) is 12.8 Å². The number of phenols is 1. The van der Waals surface area contributed by atoms with Crippen LogP contribution in [0, 0.1) is 0 Å². The number of carbonyl (C=O) groups is 1. The van der Waals surface area contributed by atoms with E-state index < -0.39 is 0 Å². The van der Waals surface area contributed by atoms with E-state index in [-0.39, 0.29) is 11.7 Å². The van der Waals surface area contributed by atoms with Crippen molar-refractivity contribution in [1.29, 1.82) is 0 Å². The van der Waals surface area contributed by atoms with E-state index in [1.807, 2.05) is 36.4 Å². The third-order valence-electron chi connectivity index (χ3n) is 5.21. The van der Waals surface area contributed by atoms with E-state index in [4.69, 9.17) is 4.99 Å². The highest BCUT2D eigenvalue weighted by Crippen LogP contribution is 2.39. The summed E-state index contributed by atoms with van der Waals surface area (Å²) in [5, 5.41) is 13.5. The summed E-state index contributed by atoms with van der Waals surface area (Å²) in [5.41, 5.74) is 3.50. The smallest absolute Gasteiger partial charge is 0.259 e. The molecule has 1 heterocycles. The molecule has 0 unspecified atom stereocenters. The highest BCUT2D eigenvalue weighted by molar-refractivity contribution is 9.10. The van der Waals surface area contributed by atoms with Crippen LogP contribution in [0.3, 0.4) is 0 Å². The number of aryl methyl sites for hydroxylation is 1. The third-order valence-corrected chi connectivity index (χ3v) is 7.05. The number of rotatable bonds is 4. The minimum atomic E-state index is -0.0988. The number of aromatic hydroxyl groups is 1. The van der Waals surface area contributed by atoms with Gasteiger partial charge in [-0.25, -0.2) is 4.99 Å². The van der Waals surface area contributed by atoms with Crippen LogP contribution in [0.15, 0.2) is 58.0 Å². The molecule has 154 valence electrons. The Hall–Kier alpha value is -2.44. The average Bonchev–Trinajstić information content (AvgIpc) is 3.06. The van der Waals surface area contributed by atoms with E-state index >= 15 is 0 Å². The quantitative estimate of drug-likeness (QED) is 0.398. The fourth-order valence-electron chi connectivity index (χ4n) is 3.68. The van der Waals surface area contributed by atoms with Crippen molar-refractivity contribution in [3.63, 3.8) is 0 Å². The van der Waals surface area contributed by atoms with E-state index in [9.17, 15) is 9.90 Å². The molecule has 2 N–H and O–H groups in total. The van der Waals surface area contributed by atoms with Gasteiger partial charge < -0.3 is 10.4 Å². The van der Waals surface area contributed by atoms with Crippen molar-refractivity contribution in [1.82, 2.24) is 0 Å². The van der Waals surface area contributed by atoms with Gasteiger partial charge in [-0.3, -0.25) is 4.79 Å². The zero-order chi connectivity index (χ0) is 20.9. The van der Waals surface area contributed by atoms with E-state index in [0.29, 0.717) is 10.0 Å². The van der Waals surface area contributed by atoms with Gasteiger partial charge in [0.15, 0.2) is 0 Å². The summed E-state index contributed by atoms with van der Waals surface area (Å²) in [4.78, 5) is 19.2. The van der Waals surface area contributed by atoms with Crippen LogP contribution >= 0.6 is 27.3 Å². The molecule has 4 nitrogen and oxygen atoms in total. The average molecular weight is 483 g/mol. The molecule has 0 spiro atoms. The van der Waals surface area contributed by atoms with Crippen LogP contribution in [0.5, 0.6) is 5.75 Å². The standard InChI is InChI=1S/C24H23BrN2O2S/c25-19-14-16(12-13-20(19)28)15-26-24-22(23(29)27-17-8-4-3-5-9-17)18-10-6-1-2-7-11-21(18)30-24/h3-5,8-9,12-15,28H,1-2,6-7,10-11H2,(H,27,29). The SMILES string of the molecule is O=C(Nc1ccccc1)c1c(N=Cc2ccc(O)c(Br)c2)sc2c1CCCCCC2. The van der Waals surface area contributed by atoms with E-state index in [0.717, 1.165) is 47.5 Å². The van der Waals surface area contributed by atoms with Gasteiger partial charge in [-0.2, -0.15) is 0 Å². The van der Waals surface area contributed by atoms with Crippen molar-refractivity contribution in [2.75, 3.05) is 5.32 Å². The Morgan fingerprint density at radius 1 is 1.07 bits per heavy atom. The monoisotopic (exact) mass is 482 g/mol. The highest BCUT2D eigenvalue weighted by atomic mass is 79.9. The number of amides is 1. The highest BCUT2D eigenvalue weighted by Gasteiger charge is 2.24. The first kappa shape index (κ1) is 20.8. The number of hydrogen-bond acceptors (Lipinski definition) is 4. The molecule has 2 aromatic carbocycles. The van der Waals surface area contributed by atoms with Gasteiger partial charge in [-0.05, 0) is 83.1 Å². The molecule has 1 amide bonds. The topological polar surface area (TPSA) is 61.7 Å². The van der Waals surface area contributed by atoms with Gasteiger partial charge in [0.2, 0.25) is 0 Å². The molecule has 1 aliphatic carbocycles. The second-order valence-electron chi connectivity index (χ2n) is 7.39. The predicted octanol–water partition coefficient (Wildman–Crippen LogP) is 6.88. The van der Waals surface area contributed by atoms with Gasteiger partial charge in [-0.15, -0.1) is 11.3 Å². The number of phenolic OH excluding ortho intramolecular Hbond substituents is 1. The van der Waals surface area contributed by atoms with Crippen LogP contribution in [0.2, 0.25) is 0 Å². The Morgan fingerprint density at radius 3 is 2.60 bits per heavy atom. The lowest BCUT2D eigenvalue weighted by Gasteiger charge is -2.12. The molecule has 0 saturated carbocycles. The van der Waals surface area contributed by atoms with E-state index in [2.05, 4.69) is 21.2 Å². The van der Waals surface area contributed by atoms with E-state index in [1.54, 1.807) is 29.7 Å². The van der Waals surface area contributed by atoms with Crippen LogP contribution < -0.4 is 5.32 Å². The maximum absolute atomic E-state index is 13.3. The first-order valence-corrected chi connectivity index (χ1v) is 11.8. The summed E-state index contributed by atoms with van der Waals surface area (Å²) in [7, 11) is 0. The first-order valence-electron chi connectivity index (χ1n) is 10.2. The molecule has 0 fully saturated rings. The molecule has 6 heteroatoms. The lowest BCUT2D eigenvalue weighted by molar-refractivity contribution is 0.102. The Balaban J connectivity index is 1.71. The zero-order valence-electron chi connectivity index (χ0n) is 16.5. The Labute approximate surface area is 188 Å². The summed E-state index contributed by atoms with van der Waals surface area (Å²) in [6.45, 7) is 0. The molecule has 3 aromatic rings. The number of thiophene rings is 1. The number of halogens is 1. The van der Waals surface area contributed by atoms with Crippen molar-refractivity contribution in [3.05, 3.63) is 74.6 Å². The molecule has 0 aliphatic heterocycles. The molecular weight excluding hydrogens is 460 g/mol. The Morgan fingerprint density at radius 2 is 1.83 bits per heavy atom. The van der Waals surface area contributed by atoms with Crippen molar-refractivity contribution >= 4 is 50.1 Å². The number of anilines is 1. The minimum absolute atomic E-state index is 0.0988. The predicted molar refractivity (Wildman–Crippen MR) is 128 cm³/mol. The molecule has 4 rings (SSSR count). The number of para-hydroxylation sites is 1. The number of nitrogens with one attached hydrogen (secondary N) is 1. The molecule has 0 bridgehead atoms. The Bertz CT molecular complexity index is 1080. The summed E-state index contributed by atoms with van der Waals surface area (Å²) in [6.07, 6.45) is 8.38. The largest absolute Gasteiger partial charge is 0.507 e. The third kappa shape index (κ3) is 4.82. The molecule has 1 aromatic heterocycles. The zero-order valence-corrected chi connectivity index (χ0v) is 18.9. The molecule has 0 saturated heterocycles. The lowest BCUT2D eigenvalue weighted by Crippen LogP contribution is -2.14. The molecule has 30 heavy (non-hydrogen) atoms. The lowest BCUT2D eigenvalue weighted by atomic mass is 9.96. The second kappa shape index (κ2) is 9.58. The molecule has 1 aliphatic rings. The van der Waals surface area contributed by atoms with Crippen LogP contribution in [0.25, 0.3) is 0 Å². The summed E-state index contributed by atoms with van der Waals surface area (Å²) in [5.74, 6) is 0.0903. The minimum Gasteiger partial charge on any atom is -0.507 e. The fraction of sp³-hybridized carbons (Fsp3) is 0.250. The molecular formula is C24H23BrN2O2S.